The Morgan fingerprint density at radius 2 is 2.38 bits per heavy atom. The van der Waals surface area contributed by atoms with Crippen LogP contribution in [0.4, 0.5) is 0 Å². The Balaban J connectivity index is 2.00. The van der Waals surface area contributed by atoms with Gasteiger partial charge in [-0.15, -0.1) is 0 Å². The van der Waals surface area contributed by atoms with E-state index in [9.17, 15) is 0 Å². The fourth-order valence-corrected chi connectivity index (χ4v) is 2.77. The van der Waals surface area contributed by atoms with Crippen LogP contribution in [-0.2, 0) is 4.74 Å². The molecule has 1 N–H and O–H groups in total. The number of hydrogen-bond donors (Lipinski definition) is 1. The van der Waals surface area contributed by atoms with Gasteiger partial charge in [0, 0.05) is 13.1 Å². The smallest absolute Gasteiger partial charge is 0.0893 e. The van der Waals surface area contributed by atoms with Gasteiger partial charge in [0.2, 0.25) is 0 Å². The Morgan fingerprint density at radius 3 is 3.00 bits per heavy atom. The molecule has 1 aliphatic carbocycles. The highest BCUT2D eigenvalue weighted by Crippen LogP contribution is 2.24. The van der Waals surface area contributed by atoms with E-state index in [0.717, 1.165) is 19.7 Å². The molecular weight excluding hydrogens is 200 g/mol. The quantitative estimate of drug-likeness (QED) is 0.734. The summed E-state index contributed by atoms with van der Waals surface area (Å²) in [5.74, 6) is 0. The Kier molecular flexibility index (Phi) is 4.38. The van der Waals surface area contributed by atoms with Crippen molar-refractivity contribution in [3.05, 3.63) is 11.6 Å². The summed E-state index contributed by atoms with van der Waals surface area (Å²) in [5.41, 5.74) is 1.56. The summed E-state index contributed by atoms with van der Waals surface area (Å²) < 4.78 is 5.91. The van der Waals surface area contributed by atoms with Crippen LogP contribution in [0.3, 0.4) is 0 Å². The summed E-state index contributed by atoms with van der Waals surface area (Å²) >= 11 is 0. The van der Waals surface area contributed by atoms with Crippen LogP contribution in [0, 0.1) is 0 Å². The van der Waals surface area contributed by atoms with Crippen molar-refractivity contribution < 1.29 is 4.74 Å². The van der Waals surface area contributed by atoms with Gasteiger partial charge in [-0.25, -0.2) is 0 Å². The Labute approximate surface area is 98.8 Å². The monoisotopic (exact) mass is 224 g/mol. The molecular formula is C13H24N2O. The molecule has 2 atom stereocenters. The summed E-state index contributed by atoms with van der Waals surface area (Å²) in [6, 6.07) is 0.419. The molecule has 0 aromatic rings. The molecule has 3 heteroatoms. The zero-order chi connectivity index (χ0) is 11.4. The molecule has 0 aromatic heterocycles. The Hall–Kier alpha value is -0.380. The maximum atomic E-state index is 5.91. The molecule has 3 nitrogen and oxygen atoms in total. The minimum absolute atomic E-state index is 0.327. The third-order valence-corrected chi connectivity index (χ3v) is 3.70. The van der Waals surface area contributed by atoms with Gasteiger partial charge in [0.05, 0.1) is 18.8 Å². The lowest BCUT2D eigenvalue weighted by molar-refractivity contribution is -0.0318. The number of ether oxygens (including phenoxy) is 1. The molecule has 0 bridgehead atoms. The maximum absolute atomic E-state index is 5.91. The fraction of sp³-hybridized carbons (Fsp3) is 0.846. The first-order valence-corrected chi connectivity index (χ1v) is 6.47. The second kappa shape index (κ2) is 5.80. The first kappa shape index (κ1) is 12.1. The molecule has 92 valence electrons. The van der Waals surface area contributed by atoms with Gasteiger partial charge in [0.15, 0.2) is 0 Å². The van der Waals surface area contributed by atoms with Gasteiger partial charge in [-0.1, -0.05) is 11.6 Å². The van der Waals surface area contributed by atoms with Crippen LogP contribution in [0.5, 0.6) is 0 Å². The van der Waals surface area contributed by atoms with Gasteiger partial charge in [-0.2, -0.15) is 0 Å². The SMILES string of the molecule is CNC(C1=CCCCC1)C1CN(C)CCO1. The van der Waals surface area contributed by atoms with E-state index in [0.29, 0.717) is 12.1 Å². The molecule has 2 aliphatic rings. The molecule has 0 radical (unpaired) electrons. The molecule has 1 heterocycles. The molecule has 0 aromatic carbocycles. The highest BCUT2D eigenvalue weighted by Gasteiger charge is 2.28. The van der Waals surface area contributed by atoms with Crippen molar-refractivity contribution in [2.45, 2.75) is 37.8 Å². The largest absolute Gasteiger partial charge is 0.374 e. The Morgan fingerprint density at radius 1 is 1.50 bits per heavy atom. The lowest BCUT2D eigenvalue weighted by atomic mass is 9.90. The molecule has 1 aliphatic heterocycles. The van der Waals surface area contributed by atoms with Crippen LogP contribution >= 0.6 is 0 Å². The standard InChI is InChI=1S/C13H24N2O/c1-14-13(11-6-4-3-5-7-11)12-10-15(2)8-9-16-12/h6,12-14H,3-5,7-10H2,1-2H3. The van der Waals surface area contributed by atoms with Crippen molar-refractivity contribution in [2.24, 2.45) is 0 Å². The number of morpholine rings is 1. The zero-order valence-electron chi connectivity index (χ0n) is 10.5. The van der Waals surface area contributed by atoms with Crippen molar-refractivity contribution in [3.8, 4) is 0 Å². The van der Waals surface area contributed by atoms with Gasteiger partial charge < -0.3 is 15.0 Å². The highest BCUT2D eigenvalue weighted by molar-refractivity contribution is 5.16. The van der Waals surface area contributed by atoms with Crippen LogP contribution in [0.2, 0.25) is 0 Å². The van der Waals surface area contributed by atoms with Gasteiger partial charge in [-0.3, -0.25) is 0 Å². The number of rotatable bonds is 3. The Bertz CT molecular complexity index is 252. The average Bonchev–Trinajstić information content (AvgIpc) is 2.31. The summed E-state index contributed by atoms with van der Waals surface area (Å²) in [4.78, 5) is 2.36. The first-order valence-electron chi connectivity index (χ1n) is 6.47. The number of allylic oxidation sites excluding steroid dienone is 1. The highest BCUT2D eigenvalue weighted by atomic mass is 16.5. The summed E-state index contributed by atoms with van der Waals surface area (Å²) in [7, 11) is 4.23. The van der Waals surface area contributed by atoms with E-state index >= 15 is 0 Å². The molecule has 0 saturated carbocycles. The normalized spacial score (nSPS) is 29.9. The second-order valence-corrected chi connectivity index (χ2v) is 4.96. The fourth-order valence-electron chi connectivity index (χ4n) is 2.77. The molecule has 0 amide bonds. The molecule has 2 rings (SSSR count). The van der Waals surface area contributed by atoms with Gasteiger partial charge in [0.25, 0.3) is 0 Å². The lowest BCUT2D eigenvalue weighted by Crippen LogP contribution is -2.51. The van der Waals surface area contributed by atoms with E-state index in [1.54, 1.807) is 5.57 Å². The van der Waals surface area contributed by atoms with E-state index in [1.165, 1.54) is 25.7 Å². The molecule has 1 fully saturated rings. The third-order valence-electron chi connectivity index (χ3n) is 3.70. The third kappa shape index (κ3) is 2.84. The van der Waals surface area contributed by atoms with Crippen molar-refractivity contribution in [1.29, 1.82) is 0 Å². The van der Waals surface area contributed by atoms with Crippen molar-refractivity contribution in [2.75, 3.05) is 33.8 Å². The average molecular weight is 224 g/mol. The van der Waals surface area contributed by atoms with Crippen molar-refractivity contribution in [1.82, 2.24) is 10.2 Å². The number of nitrogens with zero attached hydrogens (tertiary/aromatic N) is 1. The lowest BCUT2D eigenvalue weighted by Gasteiger charge is -2.36. The summed E-state index contributed by atoms with van der Waals surface area (Å²) in [5, 5.41) is 3.44. The van der Waals surface area contributed by atoms with Crippen LogP contribution < -0.4 is 5.32 Å². The van der Waals surface area contributed by atoms with E-state index in [4.69, 9.17) is 4.74 Å². The van der Waals surface area contributed by atoms with E-state index in [1.807, 2.05) is 0 Å². The second-order valence-electron chi connectivity index (χ2n) is 4.96. The van der Waals surface area contributed by atoms with Crippen LogP contribution in [0.25, 0.3) is 0 Å². The minimum atomic E-state index is 0.327. The van der Waals surface area contributed by atoms with Crippen LogP contribution in [-0.4, -0.2) is 50.8 Å². The number of likely N-dealkylation sites (N-methyl/N-ethyl adjacent to an activating group) is 2. The first-order chi connectivity index (χ1) is 7.81. The topological polar surface area (TPSA) is 24.5 Å². The van der Waals surface area contributed by atoms with Crippen LogP contribution in [0.1, 0.15) is 25.7 Å². The predicted molar refractivity (Wildman–Crippen MR) is 66.6 cm³/mol. The number of hydrogen-bond acceptors (Lipinski definition) is 3. The molecule has 1 saturated heterocycles. The summed E-state index contributed by atoms with van der Waals surface area (Å²) in [6.45, 7) is 2.97. The predicted octanol–water partition coefficient (Wildman–Crippen LogP) is 1.41. The van der Waals surface area contributed by atoms with Gasteiger partial charge in [-0.05, 0) is 39.8 Å². The van der Waals surface area contributed by atoms with E-state index in [-0.39, 0.29) is 0 Å². The van der Waals surface area contributed by atoms with Gasteiger partial charge >= 0.3 is 0 Å². The van der Waals surface area contributed by atoms with E-state index in [2.05, 4.69) is 30.4 Å². The molecule has 2 unspecified atom stereocenters. The maximum Gasteiger partial charge on any atom is 0.0893 e. The number of nitrogens with one attached hydrogen (secondary N) is 1. The summed E-state index contributed by atoms with van der Waals surface area (Å²) in [6.07, 6.45) is 7.93. The van der Waals surface area contributed by atoms with Crippen molar-refractivity contribution >= 4 is 0 Å². The minimum Gasteiger partial charge on any atom is -0.374 e. The van der Waals surface area contributed by atoms with Gasteiger partial charge in [0.1, 0.15) is 0 Å². The van der Waals surface area contributed by atoms with E-state index < -0.39 is 0 Å². The molecule has 16 heavy (non-hydrogen) atoms. The van der Waals surface area contributed by atoms with Crippen LogP contribution in [0.15, 0.2) is 11.6 Å². The molecule has 0 spiro atoms. The zero-order valence-corrected chi connectivity index (χ0v) is 10.5. The van der Waals surface area contributed by atoms with Crippen molar-refractivity contribution in [3.63, 3.8) is 0 Å².